The van der Waals surface area contributed by atoms with Crippen LogP contribution in [-0.4, -0.2) is 68.8 Å². The summed E-state index contributed by atoms with van der Waals surface area (Å²) in [7, 11) is -3.46. The first-order chi connectivity index (χ1) is 15.4. The Morgan fingerprint density at radius 3 is 2.09 bits per heavy atom. The number of hydrogen-bond donors (Lipinski definition) is 1. The second kappa shape index (κ2) is 10.0. The molecule has 2 aromatic carbocycles. The van der Waals surface area contributed by atoms with Gasteiger partial charge in [-0.05, 0) is 56.2 Å². The van der Waals surface area contributed by atoms with Crippen LogP contribution < -0.4 is 10.2 Å². The van der Waals surface area contributed by atoms with Crippen molar-refractivity contribution in [2.24, 2.45) is 0 Å². The molecule has 4 rings (SSSR count). The van der Waals surface area contributed by atoms with Gasteiger partial charge >= 0.3 is 0 Å². The Kier molecular flexibility index (Phi) is 7.13. The van der Waals surface area contributed by atoms with E-state index in [-0.39, 0.29) is 16.8 Å². The summed E-state index contributed by atoms with van der Waals surface area (Å²) < 4.78 is 27.1. The number of nitrogens with one attached hydrogen (secondary N) is 1. The number of amides is 1. The molecule has 0 bridgehead atoms. The Labute approximate surface area is 191 Å². The van der Waals surface area contributed by atoms with E-state index in [2.05, 4.69) is 27.2 Å². The van der Waals surface area contributed by atoms with Crippen molar-refractivity contribution < 1.29 is 13.2 Å². The fourth-order valence-electron chi connectivity index (χ4n) is 4.38. The zero-order chi connectivity index (χ0) is 22.6. The van der Waals surface area contributed by atoms with E-state index in [1.165, 1.54) is 5.69 Å². The summed E-state index contributed by atoms with van der Waals surface area (Å²) in [6.45, 7) is 6.47. The van der Waals surface area contributed by atoms with E-state index in [0.717, 1.165) is 45.4 Å². The van der Waals surface area contributed by atoms with Gasteiger partial charge in [-0.15, -0.1) is 0 Å². The molecule has 0 saturated carbocycles. The first kappa shape index (κ1) is 22.8. The molecular formula is C24H32N4O3S. The summed E-state index contributed by atoms with van der Waals surface area (Å²) >= 11 is 0. The Hall–Kier alpha value is -2.42. The van der Waals surface area contributed by atoms with E-state index in [0.29, 0.717) is 18.8 Å². The van der Waals surface area contributed by atoms with Gasteiger partial charge in [0.05, 0.1) is 10.9 Å². The summed E-state index contributed by atoms with van der Waals surface area (Å²) in [5, 5.41) is 2.94. The number of carbonyl (C=O) groups is 1. The van der Waals surface area contributed by atoms with Gasteiger partial charge < -0.3 is 10.2 Å². The number of carbonyl (C=O) groups excluding carboxylic acids is 1. The summed E-state index contributed by atoms with van der Waals surface area (Å²) in [6.07, 6.45) is 2.90. The van der Waals surface area contributed by atoms with Crippen molar-refractivity contribution in [3.63, 3.8) is 0 Å². The maximum absolute atomic E-state index is 12.8. The van der Waals surface area contributed by atoms with Crippen molar-refractivity contribution in [1.82, 2.24) is 9.21 Å². The van der Waals surface area contributed by atoms with E-state index in [1.54, 1.807) is 28.6 Å². The third-order valence-corrected chi connectivity index (χ3v) is 8.35. The SMILES string of the molecule is C[C@@H](C(=O)Nc1ccc(S(=O)(=O)N2CCCCC2)cc1)N1CCN(c2ccccc2)CC1. The van der Waals surface area contributed by atoms with E-state index in [4.69, 9.17) is 0 Å². The Morgan fingerprint density at radius 1 is 0.844 bits per heavy atom. The molecular weight excluding hydrogens is 424 g/mol. The first-order valence-corrected chi connectivity index (χ1v) is 12.8. The third-order valence-electron chi connectivity index (χ3n) is 6.44. The Balaban J connectivity index is 1.32. The van der Waals surface area contributed by atoms with Gasteiger partial charge in [-0.1, -0.05) is 24.6 Å². The number of hydrogen-bond acceptors (Lipinski definition) is 5. The molecule has 0 unspecified atom stereocenters. The molecule has 1 atom stereocenters. The lowest BCUT2D eigenvalue weighted by Crippen LogP contribution is -2.52. The maximum atomic E-state index is 12.8. The van der Waals surface area contributed by atoms with Crippen LogP contribution in [0.25, 0.3) is 0 Å². The molecule has 2 aliphatic heterocycles. The van der Waals surface area contributed by atoms with Crippen LogP contribution >= 0.6 is 0 Å². The fraction of sp³-hybridized carbons (Fsp3) is 0.458. The van der Waals surface area contributed by atoms with Crippen LogP contribution in [0, 0.1) is 0 Å². The second-order valence-electron chi connectivity index (χ2n) is 8.51. The number of piperidine rings is 1. The van der Waals surface area contributed by atoms with Gasteiger partial charge in [0, 0.05) is 50.6 Å². The number of nitrogens with zero attached hydrogens (tertiary/aromatic N) is 3. The van der Waals surface area contributed by atoms with Gasteiger partial charge in [0.2, 0.25) is 15.9 Å². The molecule has 1 N–H and O–H groups in total. The predicted octanol–water partition coefficient (Wildman–Crippen LogP) is 3.01. The standard InChI is InChI=1S/C24H32N4O3S/c1-20(26-16-18-27(19-17-26)22-8-4-2-5-9-22)24(29)25-21-10-12-23(13-11-21)32(30,31)28-14-6-3-7-15-28/h2,4-5,8-13,20H,3,6-7,14-19H2,1H3,(H,25,29)/t20-/m0/s1. The molecule has 2 saturated heterocycles. The van der Waals surface area contributed by atoms with E-state index in [1.807, 2.05) is 25.1 Å². The summed E-state index contributed by atoms with van der Waals surface area (Å²) in [4.78, 5) is 17.6. The number of sulfonamides is 1. The third kappa shape index (κ3) is 5.14. The van der Waals surface area contributed by atoms with Crippen molar-refractivity contribution in [2.45, 2.75) is 37.1 Å². The van der Waals surface area contributed by atoms with E-state index < -0.39 is 10.0 Å². The average molecular weight is 457 g/mol. The molecule has 0 spiro atoms. The molecule has 2 heterocycles. The second-order valence-corrected chi connectivity index (χ2v) is 10.5. The fourth-order valence-corrected chi connectivity index (χ4v) is 5.90. The number of para-hydroxylation sites is 1. The molecule has 32 heavy (non-hydrogen) atoms. The van der Waals surface area contributed by atoms with Crippen molar-refractivity contribution in [3.05, 3.63) is 54.6 Å². The lowest BCUT2D eigenvalue weighted by Gasteiger charge is -2.38. The number of rotatable bonds is 6. The van der Waals surface area contributed by atoms with Crippen LogP contribution in [0.15, 0.2) is 59.5 Å². The molecule has 2 aromatic rings. The van der Waals surface area contributed by atoms with Crippen molar-refractivity contribution in [3.8, 4) is 0 Å². The molecule has 7 nitrogen and oxygen atoms in total. The lowest BCUT2D eigenvalue weighted by atomic mass is 10.2. The molecule has 172 valence electrons. The summed E-state index contributed by atoms with van der Waals surface area (Å²) in [5.41, 5.74) is 1.83. The number of anilines is 2. The van der Waals surface area contributed by atoms with Gasteiger partial charge in [0.25, 0.3) is 0 Å². The molecule has 1 amide bonds. The minimum Gasteiger partial charge on any atom is -0.369 e. The van der Waals surface area contributed by atoms with Crippen molar-refractivity contribution >= 4 is 27.3 Å². The largest absolute Gasteiger partial charge is 0.369 e. The number of piperazine rings is 1. The normalized spacial score (nSPS) is 19.5. The van der Waals surface area contributed by atoms with Crippen LogP contribution in [0.2, 0.25) is 0 Å². The highest BCUT2D eigenvalue weighted by Crippen LogP contribution is 2.22. The van der Waals surface area contributed by atoms with Gasteiger partial charge in [0.15, 0.2) is 0 Å². The highest BCUT2D eigenvalue weighted by Gasteiger charge is 2.27. The van der Waals surface area contributed by atoms with E-state index >= 15 is 0 Å². The highest BCUT2D eigenvalue weighted by atomic mass is 32.2. The van der Waals surface area contributed by atoms with Gasteiger partial charge in [-0.25, -0.2) is 8.42 Å². The van der Waals surface area contributed by atoms with Crippen LogP contribution in [0.1, 0.15) is 26.2 Å². The molecule has 0 aliphatic carbocycles. The van der Waals surface area contributed by atoms with Crippen LogP contribution in [-0.2, 0) is 14.8 Å². The number of benzene rings is 2. The minimum atomic E-state index is -3.46. The minimum absolute atomic E-state index is 0.0789. The topological polar surface area (TPSA) is 73.0 Å². The summed E-state index contributed by atoms with van der Waals surface area (Å²) in [5.74, 6) is -0.0789. The van der Waals surface area contributed by atoms with E-state index in [9.17, 15) is 13.2 Å². The maximum Gasteiger partial charge on any atom is 0.243 e. The highest BCUT2D eigenvalue weighted by molar-refractivity contribution is 7.89. The molecule has 0 radical (unpaired) electrons. The molecule has 8 heteroatoms. The van der Waals surface area contributed by atoms with Crippen LogP contribution in [0.5, 0.6) is 0 Å². The average Bonchev–Trinajstić information content (AvgIpc) is 2.85. The Bertz CT molecular complexity index is 997. The smallest absolute Gasteiger partial charge is 0.243 e. The van der Waals surface area contributed by atoms with Crippen molar-refractivity contribution in [1.29, 1.82) is 0 Å². The Morgan fingerprint density at radius 2 is 1.47 bits per heavy atom. The molecule has 2 aliphatic rings. The predicted molar refractivity (Wildman–Crippen MR) is 127 cm³/mol. The van der Waals surface area contributed by atoms with Crippen LogP contribution in [0.3, 0.4) is 0 Å². The monoisotopic (exact) mass is 456 g/mol. The summed E-state index contributed by atoms with van der Waals surface area (Å²) in [6, 6.07) is 16.6. The first-order valence-electron chi connectivity index (χ1n) is 11.4. The van der Waals surface area contributed by atoms with Crippen LogP contribution in [0.4, 0.5) is 11.4 Å². The molecule has 0 aromatic heterocycles. The van der Waals surface area contributed by atoms with Gasteiger partial charge in [-0.3, -0.25) is 9.69 Å². The van der Waals surface area contributed by atoms with Crippen molar-refractivity contribution in [2.75, 3.05) is 49.5 Å². The zero-order valence-corrected chi connectivity index (χ0v) is 19.4. The van der Waals surface area contributed by atoms with Gasteiger partial charge in [-0.2, -0.15) is 4.31 Å². The quantitative estimate of drug-likeness (QED) is 0.724. The van der Waals surface area contributed by atoms with Gasteiger partial charge in [0.1, 0.15) is 0 Å². The molecule has 2 fully saturated rings. The zero-order valence-electron chi connectivity index (χ0n) is 18.6. The lowest BCUT2D eigenvalue weighted by molar-refractivity contribution is -0.120.